The Labute approximate surface area is 103 Å². The predicted octanol–water partition coefficient (Wildman–Crippen LogP) is 3.53. The van der Waals surface area contributed by atoms with Gasteiger partial charge in [0.1, 0.15) is 9.76 Å². The lowest BCUT2D eigenvalue weighted by atomic mass is 10.0. The highest BCUT2D eigenvalue weighted by molar-refractivity contribution is 6.75. The van der Waals surface area contributed by atoms with Gasteiger partial charge in [-0.2, -0.15) is 0 Å². The highest BCUT2D eigenvalue weighted by Crippen LogP contribution is 2.26. The molecule has 0 amide bonds. The first kappa shape index (κ1) is 13.7. The third kappa shape index (κ3) is 4.64. The molecule has 16 heavy (non-hydrogen) atoms. The standard InChI is InChI=1S/C13H24OSi2/c1-5-15-14-16(3,4)11-12(2)13-9-7-6-8-10-13/h6-10,12H,5,11,15H2,1-4H3. The predicted molar refractivity (Wildman–Crippen MR) is 77.3 cm³/mol. The summed E-state index contributed by atoms with van der Waals surface area (Å²) in [4.78, 5) is 0. The Balaban J connectivity index is 2.53. The van der Waals surface area contributed by atoms with Crippen molar-refractivity contribution in [2.75, 3.05) is 0 Å². The van der Waals surface area contributed by atoms with E-state index in [9.17, 15) is 0 Å². The maximum Gasteiger partial charge on any atom is 0.173 e. The van der Waals surface area contributed by atoms with Crippen LogP contribution in [-0.4, -0.2) is 18.1 Å². The van der Waals surface area contributed by atoms with Gasteiger partial charge in [0, 0.05) is 0 Å². The third-order valence-electron chi connectivity index (χ3n) is 2.86. The van der Waals surface area contributed by atoms with E-state index < -0.39 is 8.32 Å². The van der Waals surface area contributed by atoms with E-state index in [2.05, 4.69) is 57.3 Å². The van der Waals surface area contributed by atoms with Crippen LogP contribution in [0.1, 0.15) is 25.3 Å². The van der Waals surface area contributed by atoms with Gasteiger partial charge in [0.2, 0.25) is 0 Å². The van der Waals surface area contributed by atoms with Gasteiger partial charge in [-0.25, -0.2) is 0 Å². The fraction of sp³-hybridized carbons (Fsp3) is 0.538. The summed E-state index contributed by atoms with van der Waals surface area (Å²) in [5, 5.41) is 0. The minimum Gasteiger partial charge on any atom is -0.460 e. The largest absolute Gasteiger partial charge is 0.460 e. The Kier molecular flexibility index (Phi) is 5.45. The van der Waals surface area contributed by atoms with Gasteiger partial charge in [-0.3, -0.25) is 0 Å². The summed E-state index contributed by atoms with van der Waals surface area (Å²) < 4.78 is 6.15. The molecular weight excluding hydrogens is 228 g/mol. The quantitative estimate of drug-likeness (QED) is 0.704. The summed E-state index contributed by atoms with van der Waals surface area (Å²) in [6, 6.07) is 13.3. The molecule has 0 saturated heterocycles. The second kappa shape index (κ2) is 6.37. The van der Waals surface area contributed by atoms with Crippen molar-refractivity contribution in [1.82, 2.24) is 0 Å². The zero-order chi connectivity index (χ0) is 12.0. The topological polar surface area (TPSA) is 9.23 Å². The van der Waals surface area contributed by atoms with Gasteiger partial charge in [0.25, 0.3) is 0 Å². The maximum atomic E-state index is 6.15. The van der Waals surface area contributed by atoms with Gasteiger partial charge < -0.3 is 4.12 Å². The molecule has 0 aliphatic rings. The summed E-state index contributed by atoms with van der Waals surface area (Å²) >= 11 is 0. The normalized spacial score (nSPS) is 14.5. The second-order valence-corrected chi connectivity index (χ2v) is 11.6. The molecule has 0 aromatic heterocycles. The van der Waals surface area contributed by atoms with Crippen molar-refractivity contribution in [2.45, 2.75) is 44.9 Å². The molecular formula is C13H24OSi2. The SMILES string of the molecule is CC[SiH2]O[Si](C)(C)CC(C)c1ccccc1. The highest BCUT2D eigenvalue weighted by Gasteiger charge is 2.24. The fourth-order valence-electron chi connectivity index (χ4n) is 2.07. The molecule has 0 aliphatic heterocycles. The van der Waals surface area contributed by atoms with E-state index in [4.69, 9.17) is 4.12 Å². The Morgan fingerprint density at radius 2 is 1.88 bits per heavy atom. The van der Waals surface area contributed by atoms with Crippen LogP contribution in [0, 0.1) is 0 Å². The molecule has 1 rings (SSSR count). The van der Waals surface area contributed by atoms with Gasteiger partial charge >= 0.3 is 0 Å². The van der Waals surface area contributed by atoms with Crippen molar-refractivity contribution in [2.24, 2.45) is 0 Å². The minimum atomic E-state index is -1.41. The number of rotatable bonds is 6. The van der Waals surface area contributed by atoms with Crippen molar-refractivity contribution in [3.63, 3.8) is 0 Å². The summed E-state index contributed by atoms with van der Waals surface area (Å²) in [5.41, 5.74) is 1.45. The number of benzene rings is 1. The molecule has 0 saturated carbocycles. The van der Waals surface area contributed by atoms with Gasteiger partial charge in [0.05, 0.1) is 0 Å². The van der Waals surface area contributed by atoms with Crippen molar-refractivity contribution < 1.29 is 4.12 Å². The molecule has 3 heteroatoms. The van der Waals surface area contributed by atoms with Crippen molar-refractivity contribution in [3.05, 3.63) is 35.9 Å². The van der Waals surface area contributed by atoms with E-state index in [0.717, 1.165) is 0 Å². The van der Waals surface area contributed by atoms with E-state index in [1.54, 1.807) is 0 Å². The lowest BCUT2D eigenvalue weighted by molar-refractivity contribution is 0.573. The Morgan fingerprint density at radius 1 is 1.25 bits per heavy atom. The third-order valence-corrected chi connectivity index (χ3v) is 8.81. The fourth-order valence-corrected chi connectivity index (χ4v) is 7.28. The van der Waals surface area contributed by atoms with Gasteiger partial charge in [0.15, 0.2) is 8.32 Å². The summed E-state index contributed by atoms with van der Waals surface area (Å²) in [6.07, 6.45) is 0. The molecule has 1 atom stereocenters. The van der Waals surface area contributed by atoms with E-state index in [1.165, 1.54) is 17.7 Å². The highest BCUT2D eigenvalue weighted by atomic mass is 28.4. The smallest absolute Gasteiger partial charge is 0.173 e. The molecule has 90 valence electrons. The van der Waals surface area contributed by atoms with E-state index in [0.29, 0.717) is 5.92 Å². The zero-order valence-corrected chi connectivity index (χ0v) is 13.4. The van der Waals surface area contributed by atoms with Crippen LogP contribution < -0.4 is 0 Å². The molecule has 0 N–H and O–H groups in total. The average Bonchev–Trinajstić information content (AvgIpc) is 2.27. The summed E-state index contributed by atoms with van der Waals surface area (Å²) in [7, 11) is -1.65. The Morgan fingerprint density at radius 3 is 2.44 bits per heavy atom. The lowest BCUT2D eigenvalue weighted by Crippen LogP contribution is -2.33. The second-order valence-electron chi connectivity index (χ2n) is 5.12. The Hall–Kier alpha value is -0.386. The Bertz CT molecular complexity index is 298. The van der Waals surface area contributed by atoms with E-state index in [-0.39, 0.29) is 9.76 Å². The van der Waals surface area contributed by atoms with E-state index >= 15 is 0 Å². The maximum absolute atomic E-state index is 6.15. The van der Waals surface area contributed by atoms with Crippen LogP contribution in [0.2, 0.25) is 25.2 Å². The monoisotopic (exact) mass is 252 g/mol. The molecule has 0 spiro atoms. The first-order valence-corrected chi connectivity index (χ1v) is 10.9. The van der Waals surface area contributed by atoms with Crippen LogP contribution in [0.4, 0.5) is 0 Å². The molecule has 0 aliphatic carbocycles. The van der Waals surface area contributed by atoms with Crippen LogP contribution in [0.25, 0.3) is 0 Å². The minimum absolute atomic E-state index is 0.244. The van der Waals surface area contributed by atoms with Gasteiger partial charge in [-0.15, -0.1) is 0 Å². The molecule has 0 bridgehead atoms. The molecule has 1 aromatic rings. The summed E-state index contributed by atoms with van der Waals surface area (Å²) in [5.74, 6) is 0.633. The number of hydrogen-bond donors (Lipinski definition) is 0. The molecule has 1 unspecified atom stereocenters. The van der Waals surface area contributed by atoms with Gasteiger partial charge in [-0.1, -0.05) is 44.2 Å². The molecule has 1 nitrogen and oxygen atoms in total. The summed E-state index contributed by atoms with van der Waals surface area (Å²) in [6.45, 7) is 9.27. The average molecular weight is 253 g/mol. The van der Waals surface area contributed by atoms with Crippen LogP contribution in [0.5, 0.6) is 0 Å². The van der Waals surface area contributed by atoms with Crippen molar-refractivity contribution in [3.8, 4) is 0 Å². The molecule has 0 fully saturated rings. The van der Waals surface area contributed by atoms with E-state index in [1.807, 2.05) is 0 Å². The molecule has 1 aromatic carbocycles. The van der Waals surface area contributed by atoms with Gasteiger partial charge in [-0.05, 0) is 36.7 Å². The van der Waals surface area contributed by atoms with Crippen LogP contribution in [0.3, 0.4) is 0 Å². The first-order chi connectivity index (χ1) is 7.55. The van der Waals surface area contributed by atoms with Crippen LogP contribution >= 0.6 is 0 Å². The van der Waals surface area contributed by atoms with Crippen LogP contribution in [-0.2, 0) is 4.12 Å². The number of hydrogen-bond acceptors (Lipinski definition) is 1. The van der Waals surface area contributed by atoms with Crippen LogP contribution in [0.15, 0.2) is 30.3 Å². The van der Waals surface area contributed by atoms with Crippen molar-refractivity contribution >= 4 is 18.1 Å². The molecule has 0 heterocycles. The molecule has 0 radical (unpaired) electrons. The first-order valence-electron chi connectivity index (χ1n) is 6.24. The lowest BCUT2D eigenvalue weighted by Gasteiger charge is -2.26. The van der Waals surface area contributed by atoms with Crippen molar-refractivity contribution in [1.29, 1.82) is 0 Å². The zero-order valence-electron chi connectivity index (χ0n) is 11.0.